The Bertz CT molecular complexity index is 368. The quantitative estimate of drug-likeness (QED) is 0.793. The Morgan fingerprint density at radius 2 is 1.88 bits per heavy atom. The SMILES string of the molecule is COCCNC(=O)C(C)(C)c1ccc(C)cc1. The molecule has 0 aliphatic carbocycles. The van der Waals surface area contributed by atoms with E-state index < -0.39 is 5.41 Å². The standard InChI is InChI=1S/C14H21NO2/c1-11-5-7-12(8-6-11)14(2,3)13(16)15-9-10-17-4/h5-8H,9-10H2,1-4H3,(H,15,16). The van der Waals surface area contributed by atoms with E-state index in [9.17, 15) is 4.79 Å². The van der Waals surface area contributed by atoms with Gasteiger partial charge in [-0.15, -0.1) is 0 Å². The van der Waals surface area contributed by atoms with E-state index in [1.807, 2.05) is 45.0 Å². The molecule has 0 aliphatic rings. The Kier molecular flexibility index (Phi) is 4.70. The van der Waals surface area contributed by atoms with Crippen molar-refractivity contribution < 1.29 is 9.53 Å². The molecule has 0 aliphatic heterocycles. The van der Waals surface area contributed by atoms with Crippen LogP contribution in [0.15, 0.2) is 24.3 Å². The molecule has 1 aromatic carbocycles. The molecule has 0 aromatic heterocycles. The van der Waals surface area contributed by atoms with Crippen LogP contribution in [0.3, 0.4) is 0 Å². The lowest BCUT2D eigenvalue weighted by Gasteiger charge is -2.24. The van der Waals surface area contributed by atoms with E-state index in [0.717, 1.165) is 5.56 Å². The molecule has 1 amide bonds. The van der Waals surface area contributed by atoms with Gasteiger partial charge in [-0.25, -0.2) is 0 Å². The number of rotatable bonds is 5. The van der Waals surface area contributed by atoms with E-state index in [4.69, 9.17) is 4.74 Å². The van der Waals surface area contributed by atoms with Crippen molar-refractivity contribution >= 4 is 5.91 Å². The molecule has 94 valence electrons. The van der Waals surface area contributed by atoms with Gasteiger partial charge in [-0.3, -0.25) is 4.79 Å². The average molecular weight is 235 g/mol. The summed E-state index contributed by atoms with van der Waals surface area (Å²) in [5.74, 6) is 0.0263. The molecule has 3 heteroatoms. The van der Waals surface area contributed by atoms with Gasteiger partial charge in [-0.2, -0.15) is 0 Å². The first kappa shape index (κ1) is 13.7. The molecular formula is C14H21NO2. The lowest BCUT2D eigenvalue weighted by atomic mass is 9.83. The molecule has 0 spiro atoms. The highest BCUT2D eigenvalue weighted by atomic mass is 16.5. The fourth-order valence-electron chi connectivity index (χ4n) is 1.59. The Hall–Kier alpha value is -1.35. The molecular weight excluding hydrogens is 214 g/mol. The minimum atomic E-state index is -0.512. The second-order valence-electron chi connectivity index (χ2n) is 4.74. The van der Waals surface area contributed by atoms with Crippen molar-refractivity contribution in [3.05, 3.63) is 35.4 Å². The first-order valence-corrected chi connectivity index (χ1v) is 5.83. The Morgan fingerprint density at radius 3 is 2.41 bits per heavy atom. The lowest BCUT2D eigenvalue weighted by molar-refractivity contribution is -0.125. The highest BCUT2D eigenvalue weighted by Gasteiger charge is 2.29. The number of carbonyl (C=O) groups excluding carboxylic acids is 1. The van der Waals surface area contributed by atoms with Crippen LogP contribution in [0.1, 0.15) is 25.0 Å². The van der Waals surface area contributed by atoms with Crippen LogP contribution in [0.25, 0.3) is 0 Å². The van der Waals surface area contributed by atoms with E-state index in [1.54, 1.807) is 7.11 Å². The minimum Gasteiger partial charge on any atom is -0.383 e. The number of amides is 1. The molecule has 3 nitrogen and oxygen atoms in total. The average Bonchev–Trinajstić information content (AvgIpc) is 2.29. The van der Waals surface area contributed by atoms with Crippen molar-refractivity contribution in [2.24, 2.45) is 0 Å². The minimum absolute atomic E-state index is 0.0263. The van der Waals surface area contributed by atoms with Crippen molar-refractivity contribution in [2.75, 3.05) is 20.3 Å². The number of methoxy groups -OCH3 is 1. The summed E-state index contributed by atoms with van der Waals surface area (Å²) in [7, 11) is 1.62. The maximum atomic E-state index is 12.1. The van der Waals surface area contributed by atoms with Crippen molar-refractivity contribution in [3.63, 3.8) is 0 Å². The lowest BCUT2D eigenvalue weighted by Crippen LogP contribution is -2.41. The first-order valence-electron chi connectivity index (χ1n) is 5.83. The molecule has 0 unspecified atom stereocenters. The van der Waals surface area contributed by atoms with Crippen LogP contribution < -0.4 is 5.32 Å². The molecule has 17 heavy (non-hydrogen) atoms. The van der Waals surface area contributed by atoms with Gasteiger partial charge in [0.25, 0.3) is 0 Å². The van der Waals surface area contributed by atoms with Gasteiger partial charge in [-0.05, 0) is 26.3 Å². The van der Waals surface area contributed by atoms with E-state index in [0.29, 0.717) is 13.2 Å². The number of aryl methyl sites for hydroxylation is 1. The van der Waals surface area contributed by atoms with E-state index in [-0.39, 0.29) is 5.91 Å². The van der Waals surface area contributed by atoms with Gasteiger partial charge in [0, 0.05) is 13.7 Å². The summed E-state index contributed by atoms with van der Waals surface area (Å²) in [4.78, 5) is 12.1. The topological polar surface area (TPSA) is 38.3 Å². The van der Waals surface area contributed by atoms with E-state index in [2.05, 4.69) is 5.32 Å². The summed E-state index contributed by atoms with van der Waals surface area (Å²) >= 11 is 0. The van der Waals surface area contributed by atoms with E-state index >= 15 is 0 Å². The van der Waals surface area contributed by atoms with Crippen molar-refractivity contribution in [2.45, 2.75) is 26.2 Å². The number of ether oxygens (including phenoxy) is 1. The number of hydrogen-bond acceptors (Lipinski definition) is 2. The number of benzene rings is 1. The van der Waals surface area contributed by atoms with Crippen LogP contribution in [-0.2, 0) is 14.9 Å². The second kappa shape index (κ2) is 5.82. The van der Waals surface area contributed by atoms with Crippen LogP contribution >= 0.6 is 0 Å². The normalized spacial score (nSPS) is 11.3. The number of hydrogen-bond donors (Lipinski definition) is 1. The number of nitrogens with one attached hydrogen (secondary N) is 1. The second-order valence-corrected chi connectivity index (χ2v) is 4.74. The molecule has 1 aromatic rings. The maximum absolute atomic E-state index is 12.1. The summed E-state index contributed by atoms with van der Waals surface area (Å²) in [5, 5.41) is 2.87. The molecule has 0 fully saturated rings. The van der Waals surface area contributed by atoms with Gasteiger partial charge in [0.05, 0.1) is 12.0 Å². The maximum Gasteiger partial charge on any atom is 0.230 e. The first-order chi connectivity index (χ1) is 7.98. The van der Waals surface area contributed by atoms with E-state index in [1.165, 1.54) is 5.56 Å². The zero-order valence-corrected chi connectivity index (χ0v) is 11.0. The Balaban J connectivity index is 2.72. The monoisotopic (exact) mass is 235 g/mol. The predicted octanol–water partition coefficient (Wildman–Crippen LogP) is 2.04. The van der Waals surface area contributed by atoms with Crippen LogP contribution in [0.5, 0.6) is 0 Å². The molecule has 0 bridgehead atoms. The molecule has 0 saturated carbocycles. The fraction of sp³-hybridized carbons (Fsp3) is 0.500. The molecule has 0 atom stereocenters. The van der Waals surface area contributed by atoms with Crippen LogP contribution in [0.2, 0.25) is 0 Å². The largest absolute Gasteiger partial charge is 0.383 e. The van der Waals surface area contributed by atoms with Crippen molar-refractivity contribution in [1.82, 2.24) is 5.32 Å². The zero-order chi connectivity index (χ0) is 12.9. The summed E-state index contributed by atoms with van der Waals surface area (Å²) in [6.45, 7) is 6.98. The van der Waals surface area contributed by atoms with Gasteiger partial charge < -0.3 is 10.1 Å². The van der Waals surface area contributed by atoms with Crippen molar-refractivity contribution in [3.8, 4) is 0 Å². The van der Waals surface area contributed by atoms with Crippen LogP contribution in [0, 0.1) is 6.92 Å². The highest BCUT2D eigenvalue weighted by molar-refractivity contribution is 5.87. The van der Waals surface area contributed by atoms with Crippen LogP contribution in [-0.4, -0.2) is 26.2 Å². The number of carbonyl (C=O) groups is 1. The zero-order valence-electron chi connectivity index (χ0n) is 11.0. The van der Waals surface area contributed by atoms with Crippen molar-refractivity contribution in [1.29, 1.82) is 0 Å². The molecule has 1 rings (SSSR count). The third-order valence-corrected chi connectivity index (χ3v) is 2.93. The van der Waals surface area contributed by atoms with Gasteiger partial charge in [0.15, 0.2) is 0 Å². The Labute approximate surface area is 103 Å². The van der Waals surface area contributed by atoms with Gasteiger partial charge in [-0.1, -0.05) is 29.8 Å². The van der Waals surface area contributed by atoms with Gasteiger partial charge in [0.1, 0.15) is 0 Å². The molecule has 0 saturated heterocycles. The Morgan fingerprint density at radius 1 is 1.29 bits per heavy atom. The predicted molar refractivity (Wildman–Crippen MR) is 69.1 cm³/mol. The smallest absolute Gasteiger partial charge is 0.230 e. The molecule has 0 radical (unpaired) electrons. The van der Waals surface area contributed by atoms with Crippen LogP contribution in [0.4, 0.5) is 0 Å². The summed E-state index contributed by atoms with van der Waals surface area (Å²) in [5.41, 5.74) is 1.71. The third-order valence-electron chi connectivity index (χ3n) is 2.93. The van der Waals surface area contributed by atoms with Gasteiger partial charge in [0.2, 0.25) is 5.91 Å². The van der Waals surface area contributed by atoms with Gasteiger partial charge >= 0.3 is 0 Å². The summed E-state index contributed by atoms with van der Waals surface area (Å²) in [6, 6.07) is 8.06. The fourth-order valence-corrected chi connectivity index (χ4v) is 1.59. The highest BCUT2D eigenvalue weighted by Crippen LogP contribution is 2.23. The molecule has 1 N–H and O–H groups in total. The summed E-state index contributed by atoms with van der Waals surface area (Å²) < 4.78 is 4.91. The molecule has 0 heterocycles. The third kappa shape index (κ3) is 3.56. The summed E-state index contributed by atoms with van der Waals surface area (Å²) in [6.07, 6.45) is 0.